The molecule has 4 heterocycles. The number of pyridine rings is 2. The molecular formula is C30H52N4Y2-4. The molecule has 0 N–H and O–H groups in total. The van der Waals surface area contributed by atoms with Crippen molar-refractivity contribution in [3.8, 4) is 0 Å². The van der Waals surface area contributed by atoms with E-state index in [1.54, 1.807) is 0 Å². The maximum Gasteiger partial charge on any atom is 0.0360 e. The third kappa shape index (κ3) is 17.8. The van der Waals surface area contributed by atoms with Gasteiger partial charge in [0.05, 0.1) is 0 Å². The Hall–Kier alpha value is 0.428. The first kappa shape index (κ1) is 43.5. The fourth-order valence-corrected chi connectivity index (χ4v) is 3.81. The molecule has 2 aliphatic rings. The van der Waals surface area contributed by atoms with Crippen LogP contribution < -0.4 is 0 Å². The molecule has 4 nitrogen and oxygen atoms in total. The Kier molecular flexibility index (Phi) is 34.3. The molecule has 0 bridgehead atoms. The van der Waals surface area contributed by atoms with Gasteiger partial charge in [-0.3, -0.25) is 19.8 Å². The summed E-state index contributed by atoms with van der Waals surface area (Å²) in [6.07, 6.45) is 17.4. The molecule has 4 rings (SSSR count). The molecule has 2 saturated heterocycles. The standard InChI is InChI=1S/2C10H14N2.2C4H9.2CH3.2Y/c2*1-12-7-3-5-10(12)9-4-2-6-11-8-9;2*1-3-4-2;;;;/h2*2,4,6,8,10H,3,5,7H2,1H3;2*1,3-4H2,2H3;2*1H3;;/q;;4*-1;;/t2*10-;;;;;;/m00....../s1. The van der Waals surface area contributed by atoms with Crippen LogP contribution in [0.5, 0.6) is 0 Å². The van der Waals surface area contributed by atoms with Gasteiger partial charge in [-0.15, -0.1) is 0 Å². The molecule has 6 heteroatoms. The van der Waals surface area contributed by atoms with Crippen molar-refractivity contribution < 1.29 is 65.4 Å². The third-order valence-corrected chi connectivity index (χ3v) is 5.89. The smallest absolute Gasteiger partial charge is 0.0360 e. The van der Waals surface area contributed by atoms with Gasteiger partial charge in [0.2, 0.25) is 0 Å². The van der Waals surface area contributed by atoms with Crippen molar-refractivity contribution in [1.82, 2.24) is 19.8 Å². The topological polar surface area (TPSA) is 32.3 Å². The molecule has 2 aromatic rings. The number of likely N-dealkylation sites (tertiary alicyclic amines) is 2. The van der Waals surface area contributed by atoms with Crippen LogP contribution in [-0.4, -0.2) is 47.0 Å². The van der Waals surface area contributed by atoms with Gasteiger partial charge in [0, 0.05) is 102 Å². The first-order chi connectivity index (χ1) is 15.6. The third-order valence-electron chi connectivity index (χ3n) is 5.89. The molecule has 0 amide bonds. The number of hydrogen-bond donors (Lipinski definition) is 0. The van der Waals surface area contributed by atoms with Gasteiger partial charge in [0.1, 0.15) is 0 Å². The van der Waals surface area contributed by atoms with Crippen molar-refractivity contribution >= 4 is 0 Å². The van der Waals surface area contributed by atoms with Gasteiger partial charge in [-0.05, 0) is 76.1 Å². The van der Waals surface area contributed by atoms with Gasteiger partial charge in [0.25, 0.3) is 0 Å². The minimum absolute atomic E-state index is 0. The second-order valence-corrected chi connectivity index (χ2v) is 8.56. The average molecular weight is 647 g/mol. The minimum atomic E-state index is 0. The molecule has 0 spiro atoms. The Morgan fingerprint density at radius 1 is 0.750 bits per heavy atom. The zero-order valence-corrected chi connectivity index (χ0v) is 29.9. The van der Waals surface area contributed by atoms with Gasteiger partial charge in [-0.1, -0.05) is 38.8 Å². The Morgan fingerprint density at radius 3 is 1.28 bits per heavy atom. The fraction of sp³-hybridized carbons (Fsp3) is 0.533. The molecule has 36 heavy (non-hydrogen) atoms. The van der Waals surface area contributed by atoms with E-state index in [4.69, 9.17) is 0 Å². The molecule has 0 aromatic carbocycles. The van der Waals surface area contributed by atoms with Crippen molar-refractivity contribution in [1.29, 1.82) is 0 Å². The molecule has 0 aliphatic carbocycles. The molecule has 0 unspecified atom stereocenters. The number of hydrogen-bond acceptors (Lipinski definition) is 4. The Labute approximate surface area is 276 Å². The van der Waals surface area contributed by atoms with Crippen LogP contribution >= 0.6 is 0 Å². The zero-order chi connectivity index (χ0) is 23.6. The summed E-state index contributed by atoms with van der Waals surface area (Å²) in [4.78, 5) is 13.1. The fourth-order valence-electron chi connectivity index (χ4n) is 3.81. The predicted octanol–water partition coefficient (Wildman–Crippen LogP) is 7.83. The molecule has 202 valence electrons. The first-order valence-corrected chi connectivity index (χ1v) is 12.4. The van der Waals surface area contributed by atoms with E-state index < -0.39 is 0 Å². The van der Waals surface area contributed by atoms with Crippen LogP contribution in [0.2, 0.25) is 0 Å². The SMILES string of the molecule is CN1CCC[C@H]1c1cccnc1.CN1CCC[C@H]1c1cccnc1.[CH2-]CCC.[CH2-]CCC.[CH3-].[CH3-].[Y].[Y]. The maximum atomic E-state index is 4.14. The summed E-state index contributed by atoms with van der Waals surface area (Å²) in [7, 11) is 4.37. The van der Waals surface area contributed by atoms with Crippen LogP contribution in [0.25, 0.3) is 0 Å². The van der Waals surface area contributed by atoms with Crippen LogP contribution in [0.4, 0.5) is 0 Å². The van der Waals surface area contributed by atoms with Gasteiger partial charge >= 0.3 is 0 Å². The quantitative estimate of drug-likeness (QED) is 0.317. The summed E-state index contributed by atoms with van der Waals surface area (Å²) in [5, 5.41) is 0. The Balaban J connectivity index is -0.000000203. The van der Waals surface area contributed by atoms with Gasteiger partial charge < -0.3 is 28.7 Å². The Morgan fingerprint density at radius 2 is 1.08 bits per heavy atom. The van der Waals surface area contributed by atoms with Gasteiger partial charge in [0.15, 0.2) is 0 Å². The van der Waals surface area contributed by atoms with E-state index in [2.05, 4.69) is 73.7 Å². The molecular weight excluding hydrogens is 594 g/mol. The van der Waals surface area contributed by atoms with E-state index in [0.717, 1.165) is 12.8 Å². The predicted molar refractivity (Wildman–Crippen MR) is 151 cm³/mol. The van der Waals surface area contributed by atoms with Crippen molar-refractivity contribution in [3.63, 3.8) is 0 Å². The summed E-state index contributed by atoms with van der Waals surface area (Å²) in [5.74, 6) is 0. The first-order valence-electron chi connectivity index (χ1n) is 12.4. The van der Waals surface area contributed by atoms with Crippen molar-refractivity contribution in [2.75, 3.05) is 27.2 Å². The Bertz CT molecular complexity index is 610. The monoisotopic (exact) mass is 646 g/mol. The van der Waals surface area contributed by atoms with E-state index in [1.807, 2.05) is 36.9 Å². The second kappa shape index (κ2) is 28.4. The molecule has 2 atom stereocenters. The van der Waals surface area contributed by atoms with Crippen LogP contribution in [0.1, 0.15) is 88.4 Å². The van der Waals surface area contributed by atoms with E-state index >= 15 is 0 Å². The second-order valence-electron chi connectivity index (χ2n) is 8.56. The molecule has 2 radical (unpaired) electrons. The van der Waals surface area contributed by atoms with Crippen LogP contribution in [0, 0.1) is 28.7 Å². The number of aromatic nitrogens is 2. The van der Waals surface area contributed by atoms with E-state index in [9.17, 15) is 0 Å². The summed E-state index contributed by atoms with van der Waals surface area (Å²) in [6.45, 7) is 13.9. The van der Waals surface area contributed by atoms with Crippen molar-refractivity contribution in [3.05, 3.63) is 88.9 Å². The summed E-state index contributed by atoms with van der Waals surface area (Å²) >= 11 is 0. The zero-order valence-electron chi connectivity index (χ0n) is 24.2. The summed E-state index contributed by atoms with van der Waals surface area (Å²) in [6, 6.07) is 9.58. The number of unbranched alkanes of at least 4 members (excludes halogenated alkanes) is 2. The maximum absolute atomic E-state index is 4.14. The van der Waals surface area contributed by atoms with Gasteiger partial charge in [-0.2, -0.15) is 12.8 Å². The van der Waals surface area contributed by atoms with Crippen molar-refractivity contribution in [2.24, 2.45) is 0 Å². The molecule has 2 aromatic heterocycles. The largest absolute Gasteiger partial charge is 0.358 e. The normalized spacial score (nSPS) is 18.1. The summed E-state index contributed by atoms with van der Waals surface area (Å²) < 4.78 is 0. The van der Waals surface area contributed by atoms with Crippen LogP contribution in [0.3, 0.4) is 0 Å². The van der Waals surface area contributed by atoms with Crippen LogP contribution in [-0.2, 0) is 65.4 Å². The number of nitrogens with zero attached hydrogens (tertiary/aromatic N) is 4. The summed E-state index contributed by atoms with van der Waals surface area (Å²) in [5.41, 5.74) is 2.72. The van der Waals surface area contributed by atoms with E-state index in [0.29, 0.717) is 12.1 Å². The molecule has 2 aliphatic heterocycles. The van der Waals surface area contributed by atoms with E-state index in [1.165, 1.54) is 62.7 Å². The van der Waals surface area contributed by atoms with Crippen LogP contribution in [0.15, 0.2) is 49.1 Å². The number of rotatable bonds is 4. The average Bonchev–Trinajstić information content (AvgIpc) is 3.49. The minimum Gasteiger partial charge on any atom is -0.358 e. The van der Waals surface area contributed by atoms with Gasteiger partial charge in [-0.25, -0.2) is 0 Å². The molecule has 2 fully saturated rings. The van der Waals surface area contributed by atoms with E-state index in [-0.39, 0.29) is 80.3 Å². The van der Waals surface area contributed by atoms with Crippen molar-refractivity contribution in [2.45, 2.75) is 77.3 Å². The molecule has 0 saturated carbocycles.